The Morgan fingerprint density at radius 2 is 1.56 bits per heavy atom. The van der Waals surface area contributed by atoms with Gasteiger partial charge in [-0.05, 0) is 73.4 Å². The van der Waals surface area contributed by atoms with Crippen molar-refractivity contribution in [3.8, 4) is 6.07 Å². The fourth-order valence-corrected chi connectivity index (χ4v) is 5.55. The Labute approximate surface area is 193 Å². The Morgan fingerprint density at radius 1 is 0.906 bits per heavy atom. The lowest BCUT2D eigenvalue weighted by molar-refractivity contribution is -0.115. The summed E-state index contributed by atoms with van der Waals surface area (Å²) in [4.78, 5) is 20.3. The molecule has 1 aliphatic heterocycles. The van der Waals surface area contributed by atoms with Crippen LogP contribution in [0.4, 0.5) is 11.4 Å². The predicted octanol–water partition coefficient (Wildman–Crippen LogP) is 5.78. The summed E-state index contributed by atoms with van der Waals surface area (Å²) in [5, 5.41) is 10.4. The summed E-state index contributed by atoms with van der Waals surface area (Å²) in [6.07, 6.45) is 7.25. The van der Waals surface area contributed by atoms with Gasteiger partial charge in [0.1, 0.15) is 11.1 Å². The molecule has 160 valence electrons. The third-order valence-electron chi connectivity index (χ3n) is 6.35. The first-order chi connectivity index (χ1) is 15.7. The highest BCUT2D eigenvalue weighted by atomic mass is 32.2. The first kappa shape index (κ1) is 20.8. The molecule has 2 heterocycles. The number of nitrogens with zero attached hydrogens (tertiary/aromatic N) is 3. The quantitative estimate of drug-likeness (QED) is 0.384. The number of rotatable bonds is 3. The molecule has 32 heavy (non-hydrogen) atoms. The number of aromatic nitrogens is 1. The highest BCUT2D eigenvalue weighted by Gasteiger charge is 2.26. The number of hydrogen-bond donors (Lipinski definition) is 0. The van der Waals surface area contributed by atoms with Crippen molar-refractivity contribution >= 4 is 29.0 Å². The molecule has 0 unspecified atom stereocenters. The number of benzene rings is 2. The molecular formula is C27H25N3OS. The van der Waals surface area contributed by atoms with Crippen LogP contribution in [0.5, 0.6) is 0 Å². The standard InChI is InChI=1S/C27H25N3OS/c28-17-22-16-21-10-2-1-3-11-23(21)29-27(22)32-18-26(31)30-24-12-6-4-8-19(24)14-15-20-9-5-7-13-25(20)30/h4-9,12-13,16H,1-3,10-11,14-15,18H2. The normalized spacial score (nSPS) is 14.9. The van der Waals surface area contributed by atoms with E-state index in [4.69, 9.17) is 4.98 Å². The van der Waals surface area contributed by atoms with Crippen LogP contribution in [0, 0.1) is 11.3 Å². The zero-order valence-corrected chi connectivity index (χ0v) is 18.8. The number of amides is 1. The number of carbonyl (C=O) groups excluding carboxylic acids is 1. The monoisotopic (exact) mass is 439 g/mol. The zero-order valence-electron chi connectivity index (χ0n) is 18.0. The van der Waals surface area contributed by atoms with Crippen LogP contribution in [0.15, 0.2) is 59.6 Å². The minimum atomic E-state index is 0.0115. The molecule has 0 bridgehead atoms. The van der Waals surface area contributed by atoms with Crippen molar-refractivity contribution in [2.24, 2.45) is 0 Å². The number of fused-ring (bicyclic) bond motifs is 3. The van der Waals surface area contributed by atoms with Crippen molar-refractivity contribution in [3.63, 3.8) is 0 Å². The van der Waals surface area contributed by atoms with Crippen LogP contribution in [0.2, 0.25) is 0 Å². The minimum absolute atomic E-state index is 0.0115. The summed E-state index contributed by atoms with van der Waals surface area (Å²) in [6.45, 7) is 0. The summed E-state index contributed by atoms with van der Waals surface area (Å²) >= 11 is 1.38. The smallest absolute Gasteiger partial charge is 0.241 e. The number of nitriles is 1. The van der Waals surface area contributed by atoms with Gasteiger partial charge >= 0.3 is 0 Å². The molecule has 0 atom stereocenters. The molecule has 0 radical (unpaired) electrons. The number of carbonyl (C=O) groups is 1. The van der Waals surface area contributed by atoms with Crippen LogP contribution < -0.4 is 4.90 Å². The van der Waals surface area contributed by atoms with Crippen molar-refractivity contribution in [2.45, 2.75) is 50.0 Å². The van der Waals surface area contributed by atoms with E-state index < -0.39 is 0 Å². The van der Waals surface area contributed by atoms with Gasteiger partial charge < -0.3 is 0 Å². The highest BCUT2D eigenvalue weighted by Crippen LogP contribution is 2.37. The van der Waals surface area contributed by atoms with Gasteiger partial charge in [-0.2, -0.15) is 5.26 Å². The molecule has 2 aliphatic rings. The second kappa shape index (κ2) is 9.18. The van der Waals surface area contributed by atoms with Gasteiger partial charge in [0.25, 0.3) is 0 Å². The SMILES string of the molecule is N#Cc1cc2c(nc1SCC(=O)N1c3ccccc3CCc3ccccc31)CCCCC2. The fraction of sp³-hybridized carbons (Fsp3) is 0.296. The van der Waals surface area contributed by atoms with Crippen molar-refractivity contribution in [3.05, 3.63) is 82.5 Å². The molecule has 1 aliphatic carbocycles. The van der Waals surface area contributed by atoms with Crippen LogP contribution in [-0.4, -0.2) is 16.6 Å². The van der Waals surface area contributed by atoms with Gasteiger partial charge in [0.05, 0.1) is 22.7 Å². The highest BCUT2D eigenvalue weighted by molar-refractivity contribution is 8.00. The van der Waals surface area contributed by atoms with E-state index in [1.807, 2.05) is 47.4 Å². The van der Waals surface area contributed by atoms with Gasteiger partial charge in [0.2, 0.25) is 5.91 Å². The van der Waals surface area contributed by atoms with E-state index in [1.54, 1.807) is 0 Å². The summed E-state index contributed by atoms with van der Waals surface area (Å²) in [5.74, 6) is 0.251. The molecule has 4 nitrogen and oxygen atoms in total. The van der Waals surface area contributed by atoms with Gasteiger partial charge in [0, 0.05) is 5.69 Å². The van der Waals surface area contributed by atoms with E-state index in [2.05, 4.69) is 18.2 Å². The molecule has 0 fully saturated rings. The van der Waals surface area contributed by atoms with E-state index in [9.17, 15) is 10.1 Å². The van der Waals surface area contributed by atoms with Crippen molar-refractivity contribution in [1.82, 2.24) is 4.98 Å². The maximum absolute atomic E-state index is 13.6. The number of hydrogen-bond acceptors (Lipinski definition) is 4. The number of aryl methyl sites for hydroxylation is 4. The maximum atomic E-state index is 13.6. The summed E-state index contributed by atoms with van der Waals surface area (Å²) < 4.78 is 0. The zero-order chi connectivity index (χ0) is 21.9. The molecule has 0 spiro atoms. The van der Waals surface area contributed by atoms with Crippen LogP contribution in [0.3, 0.4) is 0 Å². The van der Waals surface area contributed by atoms with Gasteiger partial charge in [-0.15, -0.1) is 0 Å². The van der Waals surface area contributed by atoms with Crippen LogP contribution in [-0.2, 0) is 30.5 Å². The molecule has 1 aromatic heterocycles. The first-order valence-corrected chi connectivity index (χ1v) is 12.3. The van der Waals surface area contributed by atoms with Gasteiger partial charge in [-0.1, -0.05) is 54.6 Å². The van der Waals surface area contributed by atoms with E-state index in [1.165, 1.54) is 34.9 Å². The molecular weight excluding hydrogens is 414 g/mol. The van der Waals surface area contributed by atoms with E-state index >= 15 is 0 Å². The summed E-state index contributed by atoms with van der Waals surface area (Å²) in [7, 11) is 0. The van der Waals surface area contributed by atoms with E-state index in [-0.39, 0.29) is 11.7 Å². The topological polar surface area (TPSA) is 57.0 Å². The number of para-hydroxylation sites is 2. The van der Waals surface area contributed by atoms with Crippen LogP contribution in [0.1, 0.15) is 47.2 Å². The van der Waals surface area contributed by atoms with Crippen molar-refractivity contribution < 1.29 is 4.79 Å². The molecule has 1 amide bonds. The molecule has 0 N–H and O–H groups in total. The van der Waals surface area contributed by atoms with Gasteiger partial charge in [-0.25, -0.2) is 4.98 Å². The summed E-state index contributed by atoms with van der Waals surface area (Å²) in [6, 6.07) is 20.6. The Balaban J connectivity index is 1.45. The van der Waals surface area contributed by atoms with E-state index in [0.717, 1.165) is 55.6 Å². The largest absolute Gasteiger partial charge is 0.280 e. The third kappa shape index (κ3) is 4.03. The predicted molar refractivity (Wildman–Crippen MR) is 128 cm³/mol. The first-order valence-electron chi connectivity index (χ1n) is 11.3. The average molecular weight is 440 g/mol. The lowest BCUT2D eigenvalue weighted by Crippen LogP contribution is -2.28. The Kier molecular flexibility index (Phi) is 5.96. The molecule has 2 aromatic carbocycles. The van der Waals surface area contributed by atoms with Crippen LogP contribution in [0.25, 0.3) is 0 Å². The third-order valence-corrected chi connectivity index (χ3v) is 7.32. The Hall–Kier alpha value is -3.10. The number of thioether (sulfide) groups is 1. The number of pyridine rings is 1. The molecule has 3 aromatic rings. The van der Waals surface area contributed by atoms with Crippen molar-refractivity contribution in [2.75, 3.05) is 10.7 Å². The van der Waals surface area contributed by atoms with Crippen molar-refractivity contribution in [1.29, 1.82) is 5.26 Å². The fourth-order valence-electron chi connectivity index (χ4n) is 4.72. The molecule has 0 saturated carbocycles. The molecule has 0 saturated heterocycles. The maximum Gasteiger partial charge on any atom is 0.241 e. The summed E-state index contributed by atoms with van der Waals surface area (Å²) in [5.41, 5.74) is 7.16. The van der Waals surface area contributed by atoms with Gasteiger partial charge in [-0.3, -0.25) is 9.69 Å². The van der Waals surface area contributed by atoms with E-state index in [0.29, 0.717) is 10.6 Å². The Bertz CT molecular complexity index is 1170. The molecule has 5 heteroatoms. The second-order valence-corrected chi connectivity index (χ2v) is 9.36. The Morgan fingerprint density at radius 3 is 2.25 bits per heavy atom. The average Bonchev–Trinajstić information content (AvgIpc) is 3.16. The lowest BCUT2D eigenvalue weighted by Gasteiger charge is -2.25. The van der Waals surface area contributed by atoms with Gasteiger partial charge in [0.15, 0.2) is 0 Å². The van der Waals surface area contributed by atoms with Crippen LogP contribution >= 0.6 is 11.8 Å². The number of anilines is 2. The second-order valence-electron chi connectivity index (χ2n) is 8.39. The lowest BCUT2D eigenvalue weighted by atomic mass is 10.0. The minimum Gasteiger partial charge on any atom is -0.280 e. The molecule has 5 rings (SSSR count).